The summed E-state index contributed by atoms with van der Waals surface area (Å²) < 4.78 is 1.55. The quantitative estimate of drug-likeness (QED) is 0.703. The van der Waals surface area contributed by atoms with Crippen molar-refractivity contribution in [1.29, 1.82) is 0 Å². The Hall–Kier alpha value is -1.52. The number of hydrogen-bond donors (Lipinski definition) is 2. The number of aromatic nitrogens is 2. The van der Waals surface area contributed by atoms with Crippen molar-refractivity contribution in [2.24, 2.45) is 0 Å². The molecule has 5 nitrogen and oxygen atoms in total. The van der Waals surface area contributed by atoms with Crippen molar-refractivity contribution < 1.29 is 9.90 Å². The third kappa shape index (κ3) is 1.49. The fraction of sp³-hybridized carbons (Fsp3) is 0.500. The molecule has 0 atom stereocenters. The van der Waals surface area contributed by atoms with Gasteiger partial charge in [-0.15, -0.1) is 0 Å². The van der Waals surface area contributed by atoms with E-state index in [9.17, 15) is 4.79 Å². The molecule has 0 radical (unpaired) electrons. The number of anilines is 1. The normalized spacial score (nSPS) is 11.6. The molecule has 0 aliphatic heterocycles. The molecular formula is C8H13N3O2. The lowest BCUT2D eigenvalue weighted by molar-refractivity contribution is -0.145. The predicted molar refractivity (Wildman–Crippen MR) is 48.3 cm³/mol. The molecule has 0 aromatic carbocycles. The van der Waals surface area contributed by atoms with E-state index in [2.05, 4.69) is 4.98 Å². The van der Waals surface area contributed by atoms with Gasteiger partial charge >= 0.3 is 5.97 Å². The summed E-state index contributed by atoms with van der Waals surface area (Å²) in [5.74, 6) is 0.0322. The van der Waals surface area contributed by atoms with Gasteiger partial charge in [0.05, 0.1) is 0 Å². The van der Waals surface area contributed by atoms with Gasteiger partial charge in [-0.2, -0.15) is 0 Å². The highest BCUT2D eigenvalue weighted by Gasteiger charge is 2.30. The fourth-order valence-corrected chi connectivity index (χ4v) is 1.16. The van der Waals surface area contributed by atoms with Gasteiger partial charge in [0.15, 0.2) is 0 Å². The molecule has 0 amide bonds. The van der Waals surface area contributed by atoms with Crippen LogP contribution in [0.2, 0.25) is 0 Å². The Kier molecular flexibility index (Phi) is 2.03. The lowest BCUT2D eigenvalue weighted by Gasteiger charge is -2.22. The SMILES string of the molecule is Cc1nc(N)cn1C(C)(C)C(=O)O. The topological polar surface area (TPSA) is 81.1 Å². The molecule has 0 aliphatic carbocycles. The van der Waals surface area contributed by atoms with Crippen LogP contribution in [-0.4, -0.2) is 20.6 Å². The fourth-order valence-electron chi connectivity index (χ4n) is 1.16. The lowest BCUT2D eigenvalue weighted by atomic mass is 10.1. The molecule has 0 fully saturated rings. The first-order chi connectivity index (χ1) is 5.85. The Bertz CT molecular complexity index is 341. The summed E-state index contributed by atoms with van der Waals surface area (Å²) in [5, 5.41) is 8.94. The van der Waals surface area contributed by atoms with E-state index in [0.717, 1.165) is 0 Å². The van der Waals surface area contributed by atoms with Crippen LogP contribution in [-0.2, 0) is 10.3 Å². The molecule has 0 aliphatic rings. The van der Waals surface area contributed by atoms with Crippen molar-refractivity contribution in [3.8, 4) is 0 Å². The van der Waals surface area contributed by atoms with E-state index in [-0.39, 0.29) is 0 Å². The molecule has 13 heavy (non-hydrogen) atoms. The summed E-state index contributed by atoms with van der Waals surface area (Å²) in [4.78, 5) is 14.8. The third-order valence-corrected chi connectivity index (χ3v) is 2.03. The van der Waals surface area contributed by atoms with E-state index in [1.807, 2.05) is 0 Å². The maximum absolute atomic E-state index is 10.9. The summed E-state index contributed by atoms with van der Waals surface area (Å²) in [7, 11) is 0. The van der Waals surface area contributed by atoms with Crippen LogP contribution in [0.1, 0.15) is 19.7 Å². The van der Waals surface area contributed by atoms with Gasteiger partial charge in [-0.3, -0.25) is 0 Å². The third-order valence-electron chi connectivity index (χ3n) is 2.03. The van der Waals surface area contributed by atoms with Crippen LogP contribution < -0.4 is 5.73 Å². The average Bonchev–Trinajstić information content (AvgIpc) is 2.30. The smallest absolute Gasteiger partial charge is 0.329 e. The maximum atomic E-state index is 10.9. The van der Waals surface area contributed by atoms with Crippen LogP contribution in [0.4, 0.5) is 5.82 Å². The van der Waals surface area contributed by atoms with Gasteiger partial charge in [0, 0.05) is 6.20 Å². The Labute approximate surface area is 76.2 Å². The molecule has 0 spiro atoms. The van der Waals surface area contributed by atoms with Crippen LogP contribution in [0.5, 0.6) is 0 Å². The highest BCUT2D eigenvalue weighted by Crippen LogP contribution is 2.19. The van der Waals surface area contributed by atoms with E-state index in [4.69, 9.17) is 10.8 Å². The number of nitrogens with zero attached hydrogens (tertiary/aromatic N) is 2. The molecule has 0 saturated carbocycles. The van der Waals surface area contributed by atoms with Crippen molar-refractivity contribution in [2.75, 3.05) is 5.73 Å². The van der Waals surface area contributed by atoms with Gasteiger partial charge in [-0.1, -0.05) is 0 Å². The molecular weight excluding hydrogens is 170 g/mol. The van der Waals surface area contributed by atoms with Gasteiger partial charge in [-0.25, -0.2) is 9.78 Å². The van der Waals surface area contributed by atoms with E-state index in [0.29, 0.717) is 11.6 Å². The Morgan fingerprint density at radius 3 is 2.54 bits per heavy atom. The van der Waals surface area contributed by atoms with Crippen LogP contribution in [0.3, 0.4) is 0 Å². The van der Waals surface area contributed by atoms with E-state index in [1.165, 1.54) is 6.20 Å². The first-order valence-electron chi connectivity index (χ1n) is 3.91. The second-order valence-corrected chi connectivity index (χ2v) is 3.45. The molecule has 1 heterocycles. The summed E-state index contributed by atoms with van der Waals surface area (Å²) >= 11 is 0. The van der Waals surface area contributed by atoms with Crippen molar-refractivity contribution in [3.05, 3.63) is 12.0 Å². The summed E-state index contributed by atoms with van der Waals surface area (Å²) in [6, 6.07) is 0. The van der Waals surface area contributed by atoms with Gasteiger partial charge in [0.1, 0.15) is 17.2 Å². The number of hydrogen-bond acceptors (Lipinski definition) is 3. The number of rotatable bonds is 2. The molecule has 1 aromatic rings. The zero-order valence-corrected chi connectivity index (χ0v) is 7.90. The molecule has 0 bridgehead atoms. The number of carbonyl (C=O) groups is 1. The molecule has 1 aromatic heterocycles. The van der Waals surface area contributed by atoms with E-state index in [1.54, 1.807) is 25.3 Å². The Morgan fingerprint density at radius 1 is 1.69 bits per heavy atom. The summed E-state index contributed by atoms with van der Waals surface area (Å²) in [6.07, 6.45) is 1.53. The standard InChI is InChI=1S/C8H13N3O2/c1-5-10-6(9)4-11(5)8(2,3)7(12)13/h4H,9H2,1-3H3,(H,12,13). The largest absolute Gasteiger partial charge is 0.480 e. The number of aliphatic carboxylic acids is 1. The second kappa shape index (κ2) is 2.76. The predicted octanol–water partition coefficient (Wildman–Crippen LogP) is 0.593. The first kappa shape index (κ1) is 9.57. The van der Waals surface area contributed by atoms with Crippen molar-refractivity contribution >= 4 is 11.8 Å². The summed E-state index contributed by atoms with van der Waals surface area (Å²) in [5.41, 5.74) is 4.45. The minimum atomic E-state index is -1.01. The maximum Gasteiger partial charge on any atom is 0.329 e. The zero-order chi connectivity index (χ0) is 10.2. The molecule has 5 heteroatoms. The number of carboxylic acid groups (broad SMARTS) is 1. The Morgan fingerprint density at radius 2 is 2.23 bits per heavy atom. The second-order valence-electron chi connectivity index (χ2n) is 3.45. The zero-order valence-electron chi connectivity index (χ0n) is 7.90. The van der Waals surface area contributed by atoms with E-state index >= 15 is 0 Å². The first-order valence-corrected chi connectivity index (χ1v) is 3.91. The lowest BCUT2D eigenvalue weighted by Crippen LogP contribution is -2.35. The Balaban J connectivity index is 3.21. The van der Waals surface area contributed by atoms with Crippen molar-refractivity contribution in [1.82, 2.24) is 9.55 Å². The monoisotopic (exact) mass is 183 g/mol. The van der Waals surface area contributed by atoms with Crippen molar-refractivity contribution in [2.45, 2.75) is 26.3 Å². The average molecular weight is 183 g/mol. The molecule has 3 N–H and O–H groups in total. The van der Waals surface area contributed by atoms with Crippen molar-refractivity contribution in [3.63, 3.8) is 0 Å². The van der Waals surface area contributed by atoms with Gasteiger partial charge in [-0.05, 0) is 20.8 Å². The highest BCUT2D eigenvalue weighted by molar-refractivity contribution is 5.75. The number of nitrogens with two attached hydrogens (primary N) is 1. The van der Waals surface area contributed by atoms with Gasteiger partial charge < -0.3 is 15.4 Å². The number of imidazole rings is 1. The molecule has 1 rings (SSSR count). The minimum Gasteiger partial charge on any atom is -0.480 e. The van der Waals surface area contributed by atoms with Crippen LogP contribution >= 0.6 is 0 Å². The summed E-state index contributed by atoms with van der Waals surface area (Å²) in [6.45, 7) is 4.92. The van der Waals surface area contributed by atoms with Gasteiger partial charge in [0.25, 0.3) is 0 Å². The van der Waals surface area contributed by atoms with Gasteiger partial charge in [0.2, 0.25) is 0 Å². The molecule has 72 valence electrons. The van der Waals surface area contributed by atoms with Crippen LogP contribution in [0, 0.1) is 6.92 Å². The number of carboxylic acids is 1. The highest BCUT2D eigenvalue weighted by atomic mass is 16.4. The number of aryl methyl sites for hydroxylation is 1. The minimum absolute atomic E-state index is 0.340. The van der Waals surface area contributed by atoms with Crippen LogP contribution in [0.25, 0.3) is 0 Å². The van der Waals surface area contributed by atoms with E-state index < -0.39 is 11.5 Å². The van der Waals surface area contributed by atoms with Crippen LogP contribution in [0.15, 0.2) is 6.20 Å². The molecule has 0 saturated heterocycles. The number of nitrogen functional groups attached to an aromatic ring is 1. The molecule has 0 unspecified atom stereocenters.